The van der Waals surface area contributed by atoms with Crippen molar-refractivity contribution in [3.63, 3.8) is 0 Å². The molecule has 0 amide bonds. The fourth-order valence-electron chi connectivity index (χ4n) is 3.63. The molecule has 0 fully saturated rings. The van der Waals surface area contributed by atoms with E-state index in [1.807, 2.05) is 6.92 Å². The average Bonchev–Trinajstić information content (AvgIpc) is 3.28. The number of aromatic amines is 1. The van der Waals surface area contributed by atoms with Crippen LogP contribution in [-0.2, 0) is 0 Å². The molecule has 0 saturated heterocycles. The van der Waals surface area contributed by atoms with Crippen molar-refractivity contribution < 1.29 is 8.78 Å². The van der Waals surface area contributed by atoms with E-state index in [0.29, 0.717) is 40.4 Å². The number of halogens is 2. The predicted molar refractivity (Wildman–Crippen MR) is 116 cm³/mol. The number of hydrogen-bond acceptors (Lipinski definition) is 6. The van der Waals surface area contributed by atoms with E-state index in [1.54, 1.807) is 0 Å². The van der Waals surface area contributed by atoms with Crippen molar-refractivity contribution in [1.82, 2.24) is 29.5 Å². The van der Waals surface area contributed by atoms with Crippen molar-refractivity contribution in [2.75, 3.05) is 5.32 Å². The van der Waals surface area contributed by atoms with Crippen LogP contribution in [0, 0.1) is 11.6 Å². The molecule has 32 heavy (non-hydrogen) atoms. The maximum Gasteiger partial charge on any atom is 0.266 e. The summed E-state index contributed by atoms with van der Waals surface area (Å²) in [7, 11) is 0. The van der Waals surface area contributed by atoms with Crippen molar-refractivity contribution in [2.24, 2.45) is 0 Å². The third-order valence-corrected chi connectivity index (χ3v) is 5.19. The van der Waals surface area contributed by atoms with Gasteiger partial charge in [0.15, 0.2) is 11.5 Å². The largest absolute Gasteiger partial charge is 0.358 e. The number of imidazole rings is 1. The summed E-state index contributed by atoms with van der Waals surface area (Å²) in [5.41, 5.74) is 1.43. The molecule has 0 spiro atoms. The highest BCUT2D eigenvalue weighted by Crippen LogP contribution is 2.26. The van der Waals surface area contributed by atoms with Crippen LogP contribution in [0.15, 0.2) is 59.9 Å². The molecule has 2 aromatic carbocycles. The quantitative estimate of drug-likeness (QED) is 0.436. The molecule has 3 heterocycles. The van der Waals surface area contributed by atoms with Crippen molar-refractivity contribution in [3.8, 4) is 5.69 Å². The molecule has 0 saturated carbocycles. The number of aromatic nitrogens is 6. The van der Waals surface area contributed by atoms with Crippen LogP contribution in [0.5, 0.6) is 0 Å². The SMILES string of the molecule is CC[C@@H](Nc1ncnc2[nH]cnc12)c1nc2ccc(F)cc2c(=O)n1-c1ccc(F)cc1. The molecule has 0 aliphatic heterocycles. The molecule has 10 heteroatoms. The first kappa shape index (κ1) is 19.7. The second-order valence-corrected chi connectivity index (χ2v) is 7.18. The van der Waals surface area contributed by atoms with E-state index in [9.17, 15) is 13.6 Å². The second kappa shape index (κ2) is 7.80. The average molecular weight is 433 g/mol. The molecule has 160 valence electrons. The summed E-state index contributed by atoms with van der Waals surface area (Å²) in [6, 6.07) is 8.89. The summed E-state index contributed by atoms with van der Waals surface area (Å²) < 4.78 is 28.8. The van der Waals surface area contributed by atoms with Crippen LogP contribution in [0.4, 0.5) is 14.6 Å². The van der Waals surface area contributed by atoms with Crippen LogP contribution in [-0.4, -0.2) is 29.5 Å². The number of fused-ring (bicyclic) bond motifs is 2. The highest BCUT2D eigenvalue weighted by Gasteiger charge is 2.22. The molecule has 3 aromatic heterocycles. The lowest BCUT2D eigenvalue weighted by atomic mass is 10.1. The summed E-state index contributed by atoms with van der Waals surface area (Å²) in [5.74, 6) is -0.121. The number of H-pyrrole nitrogens is 1. The summed E-state index contributed by atoms with van der Waals surface area (Å²) in [6.45, 7) is 1.93. The third-order valence-electron chi connectivity index (χ3n) is 5.19. The number of rotatable bonds is 5. The first-order valence-electron chi connectivity index (χ1n) is 9.94. The minimum absolute atomic E-state index is 0.129. The maximum absolute atomic E-state index is 13.9. The van der Waals surface area contributed by atoms with Crippen LogP contribution in [0.2, 0.25) is 0 Å². The van der Waals surface area contributed by atoms with Gasteiger partial charge in [0, 0.05) is 0 Å². The van der Waals surface area contributed by atoms with Crippen LogP contribution in [0.1, 0.15) is 25.2 Å². The van der Waals surface area contributed by atoms with E-state index in [2.05, 4.69) is 30.2 Å². The van der Waals surface area contributed by atoms with Gasteiger partial charge in [-0.05, 0) is 48.9 Å². The van der Waals surface area contributed by atoms with Gasteiger partial charge in [-0.25, -0.2) is 28.7 Å². The van der Waals surface area contributed by atoms with Crippen LogP contribution >= 0.6 is 0 Å². The van der Waals surface area contributed by atoms with Crippen LogP contribution in [0.25, 0.3) is 27.8 Å². The molecule has 5 rings (SSSR count). The van der Waals surface area contributed by atoms with Crippen molar-refractivity contribution >= 4 is 27.9 Å². The molecule has 2 N–H and O–H groups in total. The van der Waals surface area contributed by atoms with Gasteiger partial charge in [-0.2, -0.15) is 0 Å². The molecule has 8 nitrogen and oxygen atoms in total. The molecular weight excluding hydrogens is 416 g/mol. The Morgan fingerprint density at radius 1 is 1.06 bits per heavy atom. The van der Waals surface area contributed by atoms with E-state index < -0.39 is 23.2 Å². The van der Waals surface area contributed by atoms with Crippen molar-refractivity contribution in [1.29, 1.82) is 0 Å². The highest BCUT2D eigenvalue weighted by atomic mass is 19.1. The van der Waals surface area contributed by atoms with Gasteiger partial charge in [0.2, 0.25) is 0 Å². The minimum atomic E-state index is -0.540. The van der Waals surface area contributed by atoms with Gasteiger partial charge in [0.05, 0.1) is 29.0 Å². The Labute approximate surface area is 180 Å². The minimum Gasteiger partial charge on any atom is -0.358 e. The Morgan fingerprint density at radius 3 is 2.62 bits per heavy atom. The number of benzene rings is 2. The van der Waals surface area contributed by atoms with Gasteiger partial charge >= 0.3 is 0 Å². The van der Waals surface area contributed by atoms with Crippen molar-refractivity contribution in [3.05, 3.63) is 82.9 Å². The Morgan fingerprint density at radius 2 is 1.84 bits per heavy atom. The van der Waals surface area contributed by atoms with Gasteiger partial charge in [0.25, 0.3) is 5.56 Å². The number of hydrogen-bond donors (Lipinski definition) is 2. The van der Waals surface area contributed by atoms with Gasteiger partial charge in [-0.3, -0.25) is 9.36 Å². The number of nitrogens with zero attached hydrogens (tertiary/aromatic N) is 5. The fourth-order valence-corrected chi connectivity index (χ4v) is 3.63. The summed E-state index contributed by atoms with van der Waals surface area (Å²) in [4.78, 5) is 33.7. The standard InChI is InChI=1S/C22H17F2N7O/c1-2-16(29-20-18-19(26-10-25-18)27-11-28-20)21-30-17-8-5-13(24)9-15(17)22(32)31(21)14-6-3-12(23)4-7-14/h3-11,16H,2H2,1H3,(H2,25,26,27,28,29)/t16-/m1/s1. The molecule has 5 aromatic rings. The lowest BCUT2D eigenvalue weighted by molar-refractivity contribution is 0.624. The van der Waals surface area contributed by atoms with Gasteiger partial charge in [0.1, 0.15) is 29.3 Å². The highest BCUT2D eigenvalue weighted by molar-refractivity contribution is 5.82. The van der Waals surface area contributed by atoms with Gasteiger partial charge in [-0.15, -0.1) is 0 Å². The summed E-state index contributed by atoms with van der Waals surface area (Å²) in [6.07, 6.45) is 3.46. The molecule has 1 atom stereocenters. The third kappa shape index (κ3) is 3.35. The van der Waals surface area contributed by atoms with Gasteiger partial charge in [-0.1, -0.05) is 6.92 Å². The van der Waals surface area contributed by atoms with E-state index in [0.717, 1.165) is 6.07 Å². The second-order valence-electron chi connectivity index (χ2n) is 7.18. The molecule has 0 aliphatic rings. The van der Waals surface area contributed by atoms with Crippen molar-refractivity contribution in [2.45, 2.75) is 19.4 Å². The smallest absolute Gasteiger partial charge is 0.266 e. The lowest BCUT2D eigenvalue weighted by Crippen LogP contribution is -2.28. The number of nitrogens with one attached hydrogen (secondary N) is 2. The van der Waals surface area contributed by atoms with E-state index in [-0.39, 0.29) is 5.39 Å². The Kier molecular flexibility index (Phi) is 4.81. The topological polar surface area (TPSA) is 101 Å². The molecule has 0 aliphatic carbocycles. The lowest BCUT2D eigenvalue weighted by Gasteiger charge is -2.22. The van der Waals surface area contributed by atoms with Gasteiger partial charge < -0.3 is 10.3 Å². The normalized spacial score (nSPS) is 12.3. The van der Waals surface area contributed by atoms with E-state index in [4.69, 9.17) is 0 Å². The Hall–Kier alpha value is -4.21. The molecule has 0 unspecified atom stereocenters. The zero-order valence-electron chi connectivity index (χ0n) is 16.9. The summed E-state index contributed by atoms with van der Waals surface area (Å²) in [5, 5.41) is 3.42. The van der Waals surface area contributed by atoms with Crippen LogP contribution in [0.3, 0.4) is 0 Å². The molecule has 0 radical (unpaired) electrons. The predicted octanol–water partition coefficient (Wildman–Crippen LogP) is 3.89. The first-order valence-corrected chi connectivity index (χ1v) is 9.94. The monoisotopic (exact) mass is 433 g/mol. The molecular formula is C22H17F2N7O. The summed E-state index contributed by atoms with van der Waals surface area (Å²) >= 11 is 0. The number of anilines is 1. The fraction of sp³-hybridized carbons (Fsp3) is 0.136. The van der Waals surface area contributed by atoms with Crippen LogP contribution < -0.4 is 10.9 Å². The van der Waals surface area contributed by atoms with E-state index >= 15 is 0 Å². The zero-order chi connectivity index (χ0) is 22.2. The molecule has 0 bridgehead atoms. The first-order chi connectivity index (χ1) is 15.5. The van der Waals surface area contributed by atoms with E-state index in [1.165, 1.54) is 53.6 Å². The Balaban J connectivity index is 1.72. The zero-order valence-corrected chi connectivity index (χ0v) is 16.9. The maximum atomic E-state index is 13.9. The Bertz CT molecular complexity index is 1490.